The molecule has 18 rings (SSSR count). The number of hydrogen-bond acceptors (Lipinski definition) is 1. The molecule has 3 aliphatic carbocycles. The van der Waals surface area contributed by atoms with Crippen molar-refractivity contribution in [2.45, 2.75) is 10.8 Å². The molecule has 5 aliphatic rings. The van der Waals surface area contributed by atoms with Crippen LogP contribution in [0.1, 0.15) is 44.5 Å². The summed E-state index contributed by atoms with van der Waals surface area (Å²) in [4.78, 5) is 2.65. The Kier molecular flexibility index (Phi) is 8.16. The molecule has 2 heteroatoms. The van der Waals surface area contributed by atoms with Gasteiger partial charge < -0.3 is 0 Å². The summed E-state index contributed by atoms with van der Waals surface area (Å²) in [6.45, 7) is 0. The van der Waals surface area contributed by atoms with E-state index < -0.39 is 30.6 Å². The molecule has 0 amide bonds. The second-order valence-corrected chi connectivity index (χ2v) is 26.2. The second-order valence-electron chi connectivity index (χ2n) is 21.2. The van der Waals surface area contributed by atoms with Gasteiger partial charge >= 0.3 is 339 Å². The van der Waals surface area contributed by atoms with Crippen LogP contribution in [0.4, 0.5) is 17.1 Å². The van der Waals surface area contributed by atoms with E-state index in [-0.39, 0.29) is 0 Å². The van der Waals surface area contributed by atoms with Crippen LogP contribution in [-0.4, -0.2) is 0 Å². The first kappa shape index (κ1) is 41.5. The molecule has 0 fully saturated rings. The van der Waals surface area contributed by atoms with Gasteiger partial charge in [0.2, 0.25) is 0 Å². The number of nitrogens with zero attached hydrogens (tertiary/aromatic N) is 1. The molecular formula is C74H44IN. The fourth-order valence-corrected chi connectivity index (χ4v) is 22.6. The molecule has 76 heavy (non-hydrogen) atoms. The molecule has 2 unspecified atom stereocenters. The molecule has 2 aliphatic heterocycles. The Labute approximate surface area is 448 Å². The van der Waals surface area contributed by atoms with E-state index >= 15 is 0 Å². The zero-order valence-corrected chi connectivity index (χ0v) is 43.4. The predicted octanol–water partition coefficient (Wildman–Crippen LogP) is 19.0. The van der Waals surface area contributed by atoms with E-state index in [1.807, 2.05) is 0 Å². The molecule has 0 saturated heterocycles. The molecule has 0 bridgehead atoms. The zero-order valence-electron chi connectivity index (χ0n) is 41.2. The van der Waals surface area contributed by atoms with Crippen molar-refractivity contribution in [3.63, 3.8) is 0 Å². The topological polar surface area (TPSA) is 3.24 Å². The predicted molar refractivity (Wildman–Crippen MR) is 323 cm³/mol. The Balaban J connectivity index is 0.965. The van der Waals surface area contributed by atoms with Crippen molar-refractivity contribution in [1.82, 2.24) is 0 Å². The van der Waals surface area contributed by atoms with Gasteiger partial charge in [0.05, 0.1) is 0 Å². The number of benzene rings is 13. The summed E-state index contributed by atoms with van der Waals surface area (Å²) >= 11 is -2.07. The molecule has 0 N–H and O–H groups in total. The molecule has 13 aromatic rings. The summed E-state index contributed by atoms with van der Waals surface area (Å²) in [6, 6.07) is 103. The average molecular weight is 1070 g/mol. The monoisotopic (exact) mass is 1070 g/mol. The molecule has 13 aromatic carbocycles. The van der Waals surface area contributed by atoms with Gasteiger partial charge in [-0.1, -0.05) is 91.0 Å². The fourth-order valence-electron chi connectivity index (χ4n) is 15.2. The molecule has 0 radical (unpaired) electrons. The molecule has 2 heterocycles. The van der Waals surface area contributed by atoms with Crippen molar-refractivity contribution in [3.8, 4) is 44.5 Å². The van der Waals surface area contributed by atoms with Crippen LogP contribution in [0.15, 0.2) is 267 Å². The summed E-state index contributed by atoms with van der Waals surface area (Å²) in [5.74, 6) is 0. The van der Waals surface area contributed by atoms with Crippen LogP contribution < -0.4 is 4.90 Å². The van der Waals surface area contributed by atoms with Crippen LogP contribution in [0.25, 0.3) is 76.8 Å². The first-order valence-electron chi connectivity index (χ1n) is 26.6. The standard InChI is InChI=1S/C74H44IN/c1-4-22-49-45(19-1)39-42-63-70(49)56-27-8-12-31-59(56)73(63)58-30-11-7-24-51(58)52-41-40-47(44-65(52)73)76(69-43-46-20-2-3-21-48(46)50-23-5-6-26-54(50)69)68-38-18-34-62-71(68)57-28-9-13-32-60(57)74(62)61-33-14-16-37-67(61)75-66-36-15-10-25-53(66)55-29-17-35-64(74)72(55)75/h1-44H. The van der Waals surface area contributed by atoms with E-state index in [0.29, 0.717) is 0 Å². The van der Waals surface area contributed by atoms with E-state index in [9.17, 15) is 0 Å². The SMILES string of the molecule is c1ccc2c(c1)-c1cccc3c1I2c1ccccc1C31c2ccccc2-c2c(N(c3ccc4c(c3)C3(c5ccccc5-4)c4ccccc4-c4c3ccc3ccccc43)c3cc4ccccc4c4ccccc34)cccc21. The third kappa shape index (κ3) is 4.94. The van der Waals surface area contributed by atoms with E-state index in [1.54, 1.807) is 10.7 Å². The molecule has 1 nitrogen and oxygen atoms in total. The Morgan fingerprint density at radius 2 is 0.789 bits per heavy atom. The first-order valence-corrected chi connectivity index (χ1v) is 29.8. The van der Waals surface area contributed by atoms with Crippen LogP contribution in [0.2, 0.25) is 0 Å². The molecule has 0 saturated carbocycles. The van der Waals surface area contributed by atoms with Gasteiger partial charge in [0.1, 0.15) is 0 Å². The third-order valence-electron chi connectivity index (χ3n) is 17.9. The fraction of sp³-hybridized carbons (Fsp3) is 0.0270. The van der Waals surface area contributed by atoms with Gasteiger partial charge in [0, 0.05) is 0 Å². The normalized spacial score (nSPS) is 17.5. The van der Waals surface area contributed by atoms with E-state index in [2.05, 4.69) is 272 Å². The van der Waals surface area contributed by atoms with Gasteiger partial charge in [0.25, 0.3) is 0 Å². The first-order chi connectivity index (χ1) is 37.7. The van der Waals surface area contributed by atoms with E-state index in [1.165, 1.54) is 127 Å². The zero-order chi connectivity index (χ0) is 49.4. The van der Waals surface area contributed by atoms with Gasteiger partial charge in [-0.2, -0.15) is 0 Å². The van der Waals surface area contributed by atoms with Gasteiger partial charge in [-0.3, -0.25) is 0 Å². The van der Waals surface area contributed by atoms with Gasteiger partial charge in [0.15, 0.2) is 0 Å². The molecular weight excluding hydrogens is 1030 g/mol. The van der Waals surface area contributed by atoms with Crippen LogP contribution in [0, 0.1) is 10.7 Å². The number of rotatable bonds is 3. The van der Waals surface area contributed by atoms with Crippen molar-refractivity contribution in [2.24, 2.45) is 0 Å². The Hall–Kier alpha value is -8.83. The van der Waals surface area contributed by atoms with E-state index in [0.717, 1.165) is 11.4 Å². The Morgan fingerprint density at radius 3 is 1.59 bits per heavy atom. The second kappa shape index (κ2) is 14.9. The van der Waals surface area contributed by atoms with E-state index in [4.69, 9.17) is 0 Å². The number of halogens is 1. The van der Waals surface area contributed by atoms with Crippen molar-refractivity contribution in [2.75, 3.05) is 4.90 Å². The van der Waals surface area contributed by atoms with Crippen molar-refractivity contribution >= 4 is 69.2 Å². The molecule has 352 valence electrons. The van der Waals surface area contributed by atoms with Crippen molar-refractivity contribution in [1.29, 1.82) is 0 Å². The number of anilines is 3. The number of fused-ring (bicyclic) bond motifs is 27. The van der Waals surface area contributed by atoms with Crippen LogP contribution >= 0.6 is 19.8 Å². The average Bonchev–Trinajstić information content (AvgIpc) is 4.34. The van der Waals surface area contributed by atoms with Gasteiger partial charge in [-0.25, -0.2) is 0 Å². The van der Waals surface area contributed by atoms with Crippen LogP contribution in [-0.2, 0) is 10.8 Å². The van der Waals surface area contributed by atoms with Crippen LogP contribution in [0.5, 0.6) is 0 Å². The van der Waals surface area contributed by atoms with Crippen LogP contribution in [0.3, 0.4) is 0 Å². The van der Waals surface area contributed by atoms with Crippen molar-refractivity contribution < 1.29 is 0 Å². The molecule has 2 atom stereocenters. The molecule has 0 aromatic heterocycles. The summed E-state index contributed by atoms with van der Waals surface area (Å²) in [5, 5.41) is 7.52. The molecule has 2 spiro atoms. The minimum absolute atomic E-state index is 0.527. The van der Waals surface area contributed by atoms with Gasteiger partial charge in [-0.15, -0.1) is 0 Å². The third-order valence-corrected chi connectivity index (χ3v) is 24.4. The minimum atomic E-state index is -2.07. The van der Waals surface area contributed by atoms with Gasteiger partial charge in [-0.05, 0) is 21.9 Å². The summed E-state index contributed by atoms with van der Waals surface area (Å²) in [5.41, 5.74) is 24.1. The Bertz CT molecular complexity index is 4750. The summed E-state index contributed by atoms with van der Waals surface area (Å²) in [7, 11) is 0. The quantitative estimate of drug-likeness (QED) is 0.126. The van der Waals surface area contributed by atoms with Crippen molar-refractivity contribution in [3.05, 3.63) is 322 Å². The maximum absolute atomic E-state index is 2.65. The maximum atomic E-state index is 2.65. The summed E-state index contributed by atoms with van der Waals surface area (Å²) < 4.78 is 4.71. The summed E-state index contributed by atoms with van der Waals surface area (Å²) in [6.07, 6.45) is 0. The Morgan fingerprint density at radius 1 is 0.263 bits per heavy atom. The number of hydrogen-bond donors (Lipinski definition) is 0.